The zero-order valence-electron chi connectivity index (χ0n) is 31.9. The standard InChI is InChI=1S/C37H49N9O13/c1-19(47)31(36(57)44-24(14-20-8-4-2-5-9-20)34(55)45-26(37(58)59)17-30(51)52)46-35(56)25(15-21-10-6-3-7-11-21)43-33(54)23(12-13-27(39)48)42-29(50)18-41-32(53)22(38)16-28(40)49/h2-11,19,22-26,31,47H,12-18,38H2,1H3,(H2,39,48)(H2,40,49)(H,41,53)(H,42,50)(H,43,54)(H,44,57)(H,45,55)(H,46,56)(H,51,52)(H,58,59)/t19-,22+,23+,24+,25+,26+,31+/m1/s1. The van der Waals surface area contributed by atoms with Gasteiger partial charge >= 0.3 is 11.9 Å². The Labute approximate surface area is 337 Å². The third-order valence-corrected chi connectivity index (χ3v) is 8.40. The summed E-state index contributed by atoms with van der Waals surface area (Å²) >= 11 is 0. The van der Waals surface area contributed by atoms with Crippen molar-refractivity contribution in [3.8, 4) is 0 Å². The molecule has 0 aliphatic heterocycles. The van der Waals surface area contributed by atoms with Crippen molar-refractivity contribution < 1.29 is 63.3 Å². The normalized spacial score (nSPS) is 14.3. The topological polar surface area (TPSA) is 382 Å². The lowest BCUT2D eigenvalue weighted by atomic mass is 10.0. The molecule has 0 radical (unpaired) electrons. The smallest absolute Gasteiger partial charge is 0.326 e. The van der Waals surface area contributed by atoms with Gasteiger partial charge in [-0.2, -0.15) is 0 Å². The summed E-state index contributed by atoms with van der Waals surface area (Å²) in [6, 6.07) is 6.72. The molecule has 8 amide bonds. The van der Waals surface area contributed by atoms with E-state index < -0.39 is 127 Å². The Kier molecular flexibility index (Phi) is 19.6. The fraction of sp³-hybridized carbons (Fsp3) is 0.405. The molecule has 0 unspecified atom stereocenters. The average Bonchev–Trinajstić information content (AvgIpc) is 3.16. The molecule has 15 N–H and O–H groups in total. The van der Waals surface area contributed by atoms with Crippen molar-refractivity contribution in [2.75, 3.05) is 6.54 Å². The van der Waals surface area contributed by atoms with Crippen LogP contribution >= 0.6 is 0 Å². The van der Waals surface area contributed by atoms with E-state index in [1.165, 1.54) is 0 Å². The van der Waals surface area contributed by atoms with Crippen LogP contribution in [0.25, 0.3) is 0 Å². The number of rotatable bonds is 25. The molecule has 0 bridgehead atoms. The second kappa shape index (κ2) is 24.0. The number of hydrogen-bond donors (Lipinski definition) is 12. The first kappa shape index (κ1) is 48.2. The maximum Gasteiger partial charge on any atom is 0.326 e. The Morgan fingerprint density at radius 1 is 0.593 bits per heavy atom. The van der Waals surface area contributed by atoms with E-state index in [4.69, 9.17) is 22.3 Å². The number of amides is 8. The fourth-order valence-electron chi connectivity index (χ4n) is 5.37. The first-order chi connectivity index (χ1) is 27.8. The van der Waals surface area contributed by atoms with Gasteiger partial charge in [0.15, 0.2) is 0 Å². The van der Waals surface area contributed by atoms with E-state index in [9.17, 15) is 58.2 Å². The molecular weight excluding hydrogens is 778 g/mol. The summed E-state index contributed by atoms with van der Waals surface area (Å²) in [7, 11) is 0. The number of primary amides is 2. The molecule has 22 nitrogen and oxygen atoms in total. The van der Waals surface area contributed by atoms with Gasteiger partial charge in [0, 0.05) is 19.3 Å². The molecule has 0 aliphatic rings. The lowest BCUT2D eigenvalue weighted by Gasteiger charge is -2.28. The van der Waals surface area contributed by atoms with Crippen molar-refractivity contribution in [2.24, 2.45) is 17.2 Å². The van der Waals surface area contributed by atoms with Crippen molar-refractivity contribution in [2.45, 2.75) is 87.8 Å². The highest BCUT2D eigenvalue weighted by atomic mass is 16.4. The van der Waals surface area contributed by atoms with Gasteiger partial charge in [0.05, 0.1) is 31.5 Å². The molecule has 0 fully saturated rings. The molecule has 2 rings (SSSR count). The molecule has 0 aliphatic carbocycles. The number of carboxylic acid groups (broad SMARTS) is 2. The number of carbonyl (C=O) groups is 10. The van der Waals surface area contributed by atoms with E-state index in [0.29, 0.717) is 11.1 Å². The van der Waals surface area contributed by atoms with Gasteiger partial charge in [-0.1, -0.05) is 60.7 Å². The van der Waals surface area contributed by atoms with Crippen LogP contribution in [0.1, 0.15) is 43.7 Å². The van der Waals surface area contributed by atoms with E-state index in [1.54, 1.807) is 60.7 Å². The molecule has 7 atom stereocenters. The SMILES string of the molecule is C[C@@H](O)[C@H](NC(=O)[C@H](Cc1ccccc1)NC(=O)[C@H](CCC(N)=O)NC(=O)CNC(=O)[C@@H](N)CC(N)=O)C(=O)N[C@@H](Cc1ccccc1)C(=O)N[C@@H](CC(=O)O)C(=O)O. The maximum atomic E-state index is 13.9. The zero-order chi connectivity index (χ0) is 44.2. The summed E-state index contributed by atoms with van der Waals surface area (Å²) in [5.74, 6) is -11.0. The van der Waals surface area contributed by atoms with Crippen LogP contribution in [0.15, 0.2) is 60.7 Å². The second-order valence-electron chi connectivity index (χ2n) is 13.3. The molecule has 0 heterocycles. The van der Waals surface area contributed by atoms with Gasteiger partial charge in [0.2, 0.25) is 47.3 Å². The Bertz CT molecular complexity index is 1830. The minimum absolute atomic E-state index is 0.212. The van der Waals surface area contributed by atoms with Crippen LogP contribution in [-0.2, 0) is 60.8 Å². The van der Waals surface area contributed by atoms with Gasteiger partial charge in [-0.05, 0) is 24.5 Å². The van der Waals surface area contributed by atoms with Crippen LogP contribution in [0.3, 0.4) is 0 Å². The van der Waals surface area contributed by atoms with Gasteiger partial charge in [-0.3, -0.25) is 43.2 Å². The highest BCUT2D eigenvalue weighted by Gasteiger charge is 2.35. The quantitative estimate of drug-likeness (QED) is 0.0449. The van der Waals surface area contributed by atoms with Crippen molar-refractivity contribution in [1.82, 2.24) is 31.9 Å². The minimum atomic E-state index is -1.87. The van der Waals surface area contributed by atoms with Crippen LogP contribution < -0.4 is 49.1 Å². The van der Waals surface area contributed by atoms with Crippen LogP contribution in [-0.4, -0.2) is 123 Å². The molecule has 0 aromatic heterocycles. The Balaban J connectivity index is 2.36. The third-order valence-electron chi connectivity index (χ3n) is 8.40. The maximum absolute atomic E-state index is 13.9. The summed E-state index contributed by atoms with van der Waals surface area (Å²) in [6.45, 7) is 0.425. The molecule has 320 valence electrons. The lowest BCUT2D eigenvalue weighted by Crippen LogP contribution is -2.61. The summed E-state index contributed by atoms with van der Waals surface area (Å²) < 4.78 is 0. The zero-order valence-corrected chi connectivity index (χ0v) is 31.9. The van der Waals surface area contributed by atoms with Gasteiger partial charge in [0.25, 0.3) is 0 Å². The van der Waals surface area contributed by atoms with Crippen molar-refractivity contribution >= 4 is 59.2 Å². The van der Waals surface area contributed by atoms with E-state index >= 15 is 0 Å². The van der Waals surface area contributed by atoms with Crippen LogP contribution in [0.5, 0.6) is 0 Å². The molecule has 0 saturated heterocycles. The number of nitrogens with two attached hydrogens (primary N) is 3. The van der Waals surface area contributed by atoms with Crippen molar-refractivity contribution in [3.63, 3.8) is 0 Å². The first-order valence-corrected chi connectivity index (χ1v) is 18.1. The number of nitrogens with one attached hydrogen (secondary N) is 6. The van der Waals surface area contributed by atoms with Crippen molar-refractivity contribution in [3.05, 3.63) is 71.8 Å². The van der Waals surface area contributed by atoms with Gasteiger partial charge in [0.1, 0.15) is 30.2 Å². The van der Waals surface area contributed by atoms with Crippen LogP contribution in [0.2, 0.25) is 0 Å². The first-order valence-electron chi connectivity index (χ1n) is 18.1. The second-order valence-corrected chi connectivity index (χ2v) is 13.3. The molecule has 2 aromatic rings. The number of aliphatic carboxylic acids is 2. The average molecular weight is 828 g/mol. The molecule has 22 heteroatoms. The molecule has 0 spiro atoms. The number of aliphatic hydroxyl groups is 1. The van der Waals surface area contributed by atoms with Crippen molar-refractivity contribution in [1.29, 1.82) is 0 Å². The van der Waals surface area contributed by atoms with Gasteiger partial charge in [-0.15, -0.1) is 0 Å². The Morgan fingerprint density at radius 2 is 1.07 bits per heavy atom. The highest BCUT2D eigenvalue weighted by Crippen LogP contribution is 2.09. The van der Waals surface area contributed by atoms with Gasteiger partial charge in [-0.25, -0.2) is 4.79 Å². The van der Waals surface area contributed by atoms with E-state index in [-0.39, 0.29) is 19.3 Å². The summed E-state index contributed by atoms with van der Waals surface area (Å²) in [5.41, 5.74) is 16.9. The van der Waals surface area contributed by atoms with E-state index in [0.717, 1.165) is 6.92 Å². The van der Waals surface area contributed by atoms with E-state index in [1.807, 2.05) is 0 Å². The molecule has 2 aromatic carbocycles. The number of carbonyl (C=O) groups excluding carboxylic acids is 8. The minimum Gasteiger partial charge on any atom is -0.481 e. The monoisotopic (exact) mass is 827 g/mol. The number of aliphatic hydroxyl groups excluding tert-OH is 1. The largest absolute Gasteiger partial charge is 0.481 e. The lowest BCUT2D eigenvalue weighted by molar-refractivity contribution is -0.147. The third kappa shape index (κ3) is 17.8. The number of benzene rings is 2. The van der Waals surface area contributed by atoms with E-state index in [2.05, 4.69) is 31.9 Å². The van der Waals surface area contributed by atoms with Crippen LogP contribution in [0, 0.1) is 0 Å². The predicted molar refractivity (Wildman–Crippen MR) is 205 cm³/mol. The summed E-state index contributed by atoms with van der Waals surface area (Å²) in [6.07, 6.45) is -4.34. The number of carboxylic acids is 2. The Morgan fingerprint density at radius 3 is 1.53 bits per heavy atom. The fourth-order valence-corrected chi connectivity index (χ4v) is 5.37. The molecule has 59 heavy (non-hydrogen) atoms. The number of hydrogen-bond acceptors (Lipinski definition) is 12. The Hall–Kier alpha value is -6.94. The summed E-state index contributed by atoms with van der Waals surface area (Å²) in [5, 5.41) is 43.0. The molecule has 0 saturated carbocycles. The summed E-state index contributed by atoms with van der Waals surface area (Å²) in [4.78, 5) is 125. The van der Waals surface area contributed by atoms with Crippen LogP contribution in [0.4, 0.5) is 0 Å². The predicted octanol–water partition coefficient (Wildman–Crippen LogP) is -4.58. The highest BCUT2D eigenvalue weighted by molar-refractivity contribution is 5.97. The van der Waals surface area contributed by atoms with Gasteiger partial charge < -0.3 is 64.4 Å². The molecular formula is C37H49N9O13.